The molecule has 0 aromatic rings. The van der Waals surface area contributed by atoms with Crippen molar-refractivity contribution in [2.24, 2.45) is 4.99 Å². The minimum absolute atomic E-state index is 0. The van der Waals surface area contributed by atoms with E-state index >= 15 is 0 Å². The van der Waals surface area contributed by atoms with E-state index in [2.05, 4.69) is 46.4 Å². The highest BCUT2D eigenvalue weighted by molar-refractivity contribution is 5.73. The van der Waals surface area contributed by atoms with Crippen LogP contribution in [0.15, 0.2) is 4.99 Å². The van der Waals surface area contributed by atoms with Crippen molar-refractivity contribution in [1.29, 1.82) is 0 Å². The fraction of sp³-hybridized carbons (Fsp3) is 0.947. The Hall–Kier alpha value is -0.280. The Morgan fingerprint density at radius 2 is 1.13 bits per heavy atom. The Kier molecular flexibility index (Phi) is 16.6. The van der Waals surface area contributed by atoms with Gasteiger partial charge in [-0.1, -0.05) is 41.5 Å². The molecule has 0 heterocycles. The van der Waals surface area contributed by atoms with Crippen LogP contribution in [0.1, 0.15) is 80.1 Å². The summed E-state index contributed by atoms with van der Waals surface area (Å²) >= 11 is 0. The first-order chi connectivity index (χ1) is 10.7. The largest absolute Gasteiger partial charge is 1.00 e. The zero-order valence-corrected chi connectivity index (χ0v) is 17.5. The van der Waals surface area contributed by atoms with Crippen LogP contribution in [0, 0.1) is 0 Å². The van der Waals surface area contributed by atoms with Crippen molar-refractivity contribution < 1.29 is 16.9 Å². The summed E-state index contributed by atoms with van der Waals surface area (Å²) < 4.78 is 1.10. The van der Waals surface area contributed by atoms with E-state index in [1.165, 1.54) is 57.7 Å². The number of hydrogen-bond donors (Lipinski definition) is 0. The topological polar surface area (TPSA) is 15.6 Å². The summed E-state index contributed by atoms with van der Waals surface area (Å²) in [5.41, 5.74) is 0. The maximum Gasteiger partial charge on any atom is 0.300 e. The molecule has 0 aliphatic heterocycles. The molecule has 0 rings (SSSR count). The van der Waals surface area contributed by atoms with Gasteiger partial charge in [-0.25, -0.2) is 4.99 Å². The van der Waals surface area contributed by atoms with Crippen LogP contribution in [0.5, 0.6) is 0 Å². The van der Waals surface area contributed by atoms with Gasteiger partial charge in [0.15, 0.2) is 0 Å². The van der Waals surface area contributed by atoms with Gasteiger partial charge >= 0.3 is 0 Å². The van der Waals surface area contributed by atoms with E-state index in [1.807, 2.05) is 0 Å². The molecule has 0 aliphatic rings. The van der Waals surface area contributed by atoms with Crippen molar-refractivity contribution in [3.8, 4) is 0 Å². The molecule has 0 radical (unpaired) electrons. The molecule has 0 amide bonds. The number of nitrogens with zero attached hydrogens (tertiary/aromatic N) is 3. The molecule has 140 valence electrons. The van der Waals surface area contributed by atoms with Crippen LogP contribution in [-0.4, -0.2) is 54.6 Å². The van der Waals surface area contributed by atoms with Crippen LogP contribution in [0.25, 0.3) is 0 Å². The zero-order valence-electron chi connectivity index (χ0n) is 16.7. The molecular weight excluding hydrogens is 306 g/mol. The highest BCUT2D eigenvalue weighted by atomic mass is 35.5. The lowest BCUT2D eigenvalue weighted by molar-refractivity contribution is -0.847. The average Bonchev–Trinajstić information content (AvgIpc) is 2.49. The van der Waals surface area contributed by atoms with Crippen molar-refractivity contribution in [3.05, 3.63) is 0 Å². The van der Waals surface area contributed by atoms with E-state index in [4.69, 9.17) is 4.99 Å². The molecule has 4 heteroatoms. The SMILES string of the molecule is CCCN=C(N(CCC)CCC)[N+](CCC)(CCC)CCC.[Cl-]. The molecule has 0 fully saturated rings. The summed E-state index contributed by atoms with van der Waals surface area (Å²) in [5.74, 6) is 1.39. The minimum Gasteiger partial charge on any atom is -1.00 e. The Bertz CT molecular complexity index is 269. The van der Waals surface area contributed by atoms with Crippen molar-refractivity contribution in [2.75, 3.05) is 39.3 Å². The molecule has 23 heavy (non-hydrogen) atoms. The number of rotatable bonds is 12. The summed E-state index contributed by atoms with van der Waals surface area (Å²) in [4.78, 5) is 7.72. The van der Waals surface area contributed by atoms with Crippen LogP contribution < -0.4 is 12.4 Å². The normalized spacial score (nSPS) is 12.2. The molecule has 0 atom stereocenters. The van der Waals surface area contributed by atoms with Crippen molar-refractivity contribution >= 4 is 5.96 Å². The summed E-state index contributed by atoms with van der Waals surface area (Å²) in [6, 6.07) is 0. The van der Waals surface area contributed by atoms with Crippen molar-refractivity contribution in [1.82, 2.24) is 4.90 Å². The molecule has 0 saturated heterocycles. The van der Waals surface area contributed by atoms with E-state index in [0.717, 1.165) is 30.5 Å². The third-order valence-corrected chi connectivity index (χ3v) is 4.13. The van der Waals surface area contributed by atoms with Gasteiger partial charge in [0, 0.05) is 19.6 Å². The van der Waals surface area contributed by atoms with Crippen LogP contribution in [0.3, 0.4) is 0 Å². The number of guanidine groups is 1. The molecular formula is C19H42ClN3. The van der Waals surface area contributed by atoms with Gasteiger partial charge in [-0.15, -0.1) is 0 Å². The molecule has 0 saturated carbocycles. The van der Waals surface area contributed by atoms with E-state index in [0.29, 0.717) is 0 Å². The number of quaternary nitrogens is 1. The Morgan fingerprint density at radius 3 is 1.43 bits per heavy atom. The summed E-state index contributed by atoms with van der Waals surface area (Å²) in [5, 5.41) is 0. The zero-order chi connectivity index (χ0) is 16.8. The standard InChI is InChI=1S/C19H42N3.ClH/c1-7-13-20-19(21(14-8-2)15-9-3)22(16-10-4,17-11-5)18-12-6;/h7-18H2,1-6H3;1H/q+1;/p-1. The molecule has 0 bridgehead atoms. The maximum atomic E-state index is 5.12. The molecule has 0 spiro atoms. The Balaban J connectivity index is 0. The fourth-order valence-corrected chi connectivity index (χ4v) is 3.53. The van der Waals surface area contributed by atoms with E-state index < -0.39 is 0 Å². The van der Waals surface area contributed by atoms with Crippen molar-refractivity contribution in [2.45, 2.75) is 80.1 Å². The lowest BCUT2D eigenvalue weighted by Crippen LogP contribution is -3.00. The lowest BCUT2D eigenvalue weighted by Gasteiger charge is -2.42. The fourth-order valence-electron chi connectivity index (χ4n) is 3.53. The van der Waals surface area contributed by atoms with Crippen LogP contribution in [0.4, 0.5) is 0 Å². The number of aliphatic imine (C=N–C) groups is 1. The van der Waals surface area contributed by atoms with E-state index in [1.54, 1.807) is 0 Å². The second kappa shape index (κ2) is 15.3. The van der Waals surface area contributed by atoms with Gasteiger partial charge in [-0.2, -0.15) is 0 Å². The molecule has 0 aromatic heterocycles. The van der Waals surface area contributed by atoms with Gasteiger partial charge in [-0.3, -0.25) is 4.48 Å². The predicted molar refractivity (Wildman–Crippen MR) is 100 cm³/mol. The van der Waals surface area contributed by atoms with E-state index in [9.17, 15) is 0 Å². The highest BCUT2D eigenvalue weighted by Gasteiger charge is 2.35. The summed E-state index contributed by atoms with van der Waals surface area (Å²) in [6.07, 6.45) is 7.25. The van der Waals surface area contributed by atoms with Crippen LogP contribution in [-0.2, 0) is 0 Å². The summed E-state index contributed by atoms with van der Waals surface area (Å²) in [7, 11) is 0. The number of hydrogen-bond acceptors (Lipinski definition) is 1. The van der Waals surface area contributed by atoms with Crippen LogP contribution in [0.2, 0.25) is 0 Å². The Morgan fingerprint density at radius 1 is 0.696 bits per heavy atom. The second-order valence-electron chi connectivity index (χ2n) is 6.48. The Labute approximate surface area is 152 Å². The molecule has 0 N–H and O–H groups in total. The third kappa shape index (κ3) is 8.39. The lowest BCUT2D eigenvalue weighted by atomic mass is 10.2. The molecule has 3 nitrogen and oxygen atoms in total. The molecule has 0 unspecified atom stereocenters. The van der Waals surface area contributed by atoms with Gasteiger partial charge in [0.05, 0.1) is 19.6 Å². The monoisotopic (exact) mass is 347 g/mol. The third-order valence-electron chi connectivity index (χ3n) is 4.13. The van der Waals surface area contributed by atoms with E-state index in [-0.39, 0.29) is 12.4 Å². The van der Waals surface area contributed by atoms with Crippen LogP contribution >= 0.6 is 0 Å². The molecule has 0 aliphatic carbocycles. The summed E-state index contributed by atoms with van der Waals surface area (Å²) in [6.45, 7) is 20.7. The first-order valence-corrected chi connectivity index (χ1v) is 9.81. The number of halogens is 1. The van der Waals surface area contributed by atoms with Gasteiger partial charge in [0.1, 0.15) is 0 Å². The second-order valence-corrected chi connectivity index (χ2v) is 6.48. The van der Waals surface area contributed by atoms with Gasteiger partial charge in [-0.05, 0) is 38.5 Å². The molecule has 0 aromatic carbocycles. The average molecular weight is 348 g/mol. The predicted octanol–water partition coefficient (Wildman–Crippen LogP) is 1.93. The first-order valence-electron chi connectivity index (χ1n) is 9.81. The van der Waals surface area contributed by atoms with Crippen molar-refractivity contribution in [3.63, 3.8) is 0 Å². The van der Waals surface area contributed by atoms with Gasteiger partial charge < -0.3 is 17.3 Å². The van der Waals surface area contributed by atoms with Gasteiger partial charge in [0.2, 0.25) is 0 Å². The minimum atomic E-state index is 0. The highest BCUT2D eigenvalue weighted by Crippen LogP contribution is 2.18. The quantitative estimate of drug-likeness (QED) is 0.299. The first kappa shape index (κ1) is 25.0. The van der Waals surface area contributed by atoms with Gasteiger partial charge in [0.25, 0.3) is 5.96 Å². The smallest absolute Gasteiger partial charge is 0.300 e. The maximum absolute atomic E-state index is 5.12.